The summed E-state index contributed by atoms with van der Waals surface area (Å²) in [6, 6.07) is 7.13. The van der Waals surface area contributed by atoms with Crippen molar-refractivity contribution >= 4 is 22.8 Å². The highest BCUT2D eigenvalue weighted by atomic mass is 16.2. The monoisotopic (exact) mass is 203 g/mol. The van der Waals surface area contributed by atoms with Crippen molar-refractivity contribution in [3.8, 4) is 0 Å². The molecule has 2 aromatic rings. The molecule has 0 aliphatic rings. The van der Waals surface area contributed by atoms with Crippen LogP contribution in [-0.4, -0.2) is 15.9 Å². The quantitative estimate of drug-likeness (QED) is 0.722. The minimum absolute atomic E-state index is 0.0289. The summed E-state index contributed by atoms with van der Waals surface area (Å²) in [5.74, 6) is -0.288. The molecular formula is C10H9N3O2. The summed E-state index contributed by atoms with van der Waals surface area (Å²) in [6.45, 7) is 1.33. The maximum absolute atomic E-state index is 11.4. The van der Waals surface area contributed by atoms with Crippen LogP contribution in [0.3, 0.4) is 0 Å². The number of carbonyl (C=O) groups excluding carboxylic acids is 1. The summed E-state index contributed by atoms with van der Waals surface area (Å²) in [5.41, 5.74) is 0.890. The SMILES string of the molecule is CC(=O)Nc1nc2ccccc2[nH]c1=O. The largest absolute Gasteiger partial charge is 0.317 e. The van der Waals surface area contributed by atoms with E-state index in [1.165, 1.54) is 6.92 Å². The van der Waals surface area contributed by atoms with Crippen LogP contribution in [0.25, 0.3) is 11.0 Å². The van der Waals surface area contributed by atoms with Gasteiger partial charge >= 0.3 is 0 Å². The molecule has 76 valence electrons. The van der Waals surface area contributed by atoms with Gasteiger partial charge in [0.05, 0.1) is 11.0 Å². The molecule has 5 heteroatoms. The molecule has 15 heavy (non-hydrogen) atoms. The number of anilines is 1. The van der Waals surface area contributed by atoms with E-state index in [0.717, 1.165) is 0 Å². The Hall–Kier alpha value is -2.17. The van der Waals surface area contributed by atoms with Gasteiger partial charge in [-0.3, -0.25) is 9.59 Å². The Morgan fingerprint density at radius 1 is 1.40 bits per heavy atom. The summed E-state index contributed by atoms with van der Waals surface area (Å²) in [6.07, 6.45) is 0. The minimum Gasteiger partial charge on any atom is -0.317 e. The molecule has 1 heterocycles. The number of aromatic amines is 1. The third-order valence-corrected chi connectivity index (χ3v) is 1.89. The summed E-state index contributed by atoms with van der Waals surface area (Å²) in [4.78, 5) is 28.9. The van der Waals surface area contributed by atoms with E-state index in [1.54, 1.807) is 18.2 Å². The number of fused-ring (bicyclic) bond motifs is 1. The zero-order chi connectivity index (χ0) is 10.8. The Morgan fingerprint density at radius 3 is 2.87 bits per heavy atom. The molecule has 0 aliphatic heterocycles. The van der Waals surface area contributed by atoms with Crippen molar-refractivity contribution in [2.75, 3.05) is 5.32 Å². The number of nitrogens with one attached hydrogen (secondary N) is 2. The van der Waals surface area contributed by atoms with E-state index in [1.807, 2.05) is 6.07 Å². The van der Waals surface area contributed by atoms with Gasteiger partial charge in [0.25, 0.3) is 5.56 Å². The lowest BCUT2D eigenvalue weighted by Gasteiger charge is -2.01. The molecule has 0 aliphatic carbocycles. The van der Waals surface area contributed by atoms with E-state index in [2.05, 4.69) is 15.3 Å². The number of carbonyl (C=O) groups is 1. The predicted molar refractivity (Wildman–Crippen MR) is 56.7 cm³/mol. The first-order chi connectivity index (χ1) is 7.16. The second kappa shape index (κ2) is 3.53. The second-order valence-electron chi connectivity index (χ2n) is 3.11. The van der Waals surface area contributed by atoms with Crippen molar-refractivity contribution in [2.24, 2.45) is 0 Å². The van der Waals surface area contributed by atoms with Crippen LogP contribution in [0.2, 0.25) is 0 Å². The number of nitrogens with zero attached hydrogens (tertiary/aromatic N) is 1. The lowest BCUT2D eigenvalue weighted by molar-refractivity contribution is -0.114. The fourth-order valence-electron chi connectivity index (χ4n) is 1.28. The molecule has 0 unspecified atom stereocenters. The number of amides is 1. The van der Waals surface area contributed by atoms with Crippen LogP contribution in [0.5, 0.6) is 0 Å². The van der Waals surface area contributed by atoms with Gasteiger partial charge in [-0.15, -0.1) is 0 Å². The third kappa shape index (κ3) is 1.85. The molecule has 0 radical (unpaired) electrons. The maximum atomic E-state index is 11.4. The van der Waals surface area contributed by atoms with Gasteiger partial charge in [-0.1, -0.05) is 12.1 Å². The number of H-pyrrole nitrogens is 1. The second-order valence-corrected chi connectivity index (χ2v) is 3.11. The molecule has 0 fully saturated rings. The highest BCUT2D eigenvalue weighted by Gasteiger charge is 2.04. The summed E-state index contributed by atoms with van der Waals surface area (Å²) < 4.78 is 0. The zero-order valence-electron chi connectivity index (χ0n) is 8.07. The first-order valence-electron chi connectivity index (χ1n) is 4.43. The Labute approximate surface area is 85.2 Å². The molecule has 0 saturated carbocycles. The highest BCUT2D eigenvalue weighted by molar-refractivity contribution is 5.88. The van der Waals surface area contributed by atoms with E-state index in [0.29, 0.717) is 11.0 Å². The van der Waals surface area contributed by atoms with E-state index >= 15 is 0 Å². The van der Waals surface area contributed by atoms with Crippen LogP contribution in [0.15, 0.2) is 29.1 Å². The number of hydrogen-bond donors (Lipinski definition) is 2. The molecule has 1 amide bonds. The molecular weight excluding hydrogens is 194 g/mol. The number of benzene rings is 1. The van der Waals surface area contributed by atoms with Gasteiger partial charge in [0.2, 0.25) is 5.91 Å². The summed E-state index contributed by atoms with van der Waals surface area (Å²) in [7, 11) is 0. The maximum Gasteiger partial charge on any atom is 0.291 e. The van der Waals surface area contributed by atoms with Crippen molar-refractivity contribution in [1.82, 2.24) is 9.97 Å². The number of rotatable bonds is 1. The normalized spacial score (nSPS) is 10.2. The number of hydrogen-bond acceptors (Lipinski definition) is 3. The van der Waals surface area contributed by atoms with Crippen molar-refractivity contribution < 1.29 is 4.79 Å². The van der Waals surface area contributed by atoms with E-state index in [9.17, 15) is 9.59 Å². The predicted octanol–water partition coefficient (Wildman–Crippen LogP) is 0.881. The number of para-hydroxylation sites is 2. The summed E-state index contributed by atoms with van der Waals surface area (Å²) >= 11 is 0. The van der Waals surface area contributed by atoms with E-state index in [4.69, 9.17) is 0 Å². The molecule has 1 aromatic heterocycles. The summed E-state index contributed by atoms with van der Waals surface area (Å²) in [5, 5.41) is 2.37. The van der Waals surface area contributed by atoms with Gasteiger partial charge in [0.15, 0.2) is 5.82 Å². The lowest BCUT2D eigenvalue weighted by atomic mass is 10.3. The van der Waals surface area contributed by atoms with Crippen LogP contribution < -0.4 is 10.9 Å². The van der Waals surface area contributed by atoms with Gasteiger partial charge in [-0.2, -0.15) is 0 Å². The Balaban J connectivity index is 2.62. The third-order valence-electron chi connectivity index (χ3n) is 1.89. The first kappa shape index (κ1) is 9.39. The molecule has 2 N–H and O–H groups in total. The van der Waals surface area contributed by atoms with Gasteiger partial charge in [-0.25, -0.2) is 4.98 Å². The van der Waals surface area contributed by atoms with Crippen molar-refractivity contribution in [3.63, 3.8) is 0 Å². The Kier molecular flexibility index (Phi) is 2.21. The molecule has 5 nitrogen and oxygen atoms in total. The van der Waals surface area contributed by atoms with Gasteiger partial charge in [0.1, 0.15) is 0 Å². The Morgan fingerprint density at radius 2 is 2.13 bits per heavy atom. The molecule has 2 rings (SSSR count). The Bertz CT molecular complexity index is 574. The molecule has 0 saturated heterocycles. The number of aromatic nitrogens is 2. The van der Waals surface area contributed by atoms with Crippen molar-refractivity contribution in [3.05, 3.63) is 34.6 Å². The standard InChI is InChI=1S/C10H9N3O2/c1-6(14)11-9-10(15)13-8-5-3-2-4-7(8)12-9/h2-5H,1H3,(H,13,15)(H,11,12,14). The van der Waals surface area contributed by atoms with Crippen molar-refractivity contribution in [2.45, 2.75) is 6.92 Å². The zero-order valence-corrected chi connectivity index (χ0v) is 8.07. The van der Waals surface area contributed by atoms with Crippen LogP contribution in [0, 0.1) is 0 Å². The van der Waals surface area contributed by atoms with Gasteiger partial charge in [-0.05, 0) is 12.1 Å². The minimum atomic E-state index is -0.399. The fraction of sp³-hybridized carbons (Fsp3) is 0.100. The van der Waals surface area contributed by atoms with Crippen LogP contribution in [0.1, 0.15) is 6.92 Å². The van der Waals surface area contributed by atoms with Crippen LogP contribution in [0.4, 0.5) is 5.82 Å². The molecule has 0 bridgehead atoms. The van der Waals surface area contributed by atoms with E-state index < -0.39 is 5.56 Å². The average molecular weight is 203 g/mol. The molecule has 0 spiro atoms. The molecule has 0 atom stereocenters. The van der Waals surface area contributed by atoms with Crippen LogP contribution >= 0.6 is 0 Å². The highest BCUT2D eigenvalue weighted by Crippen LogP contribution is 2.07. The smallest absolute Gasteiger partial charge is 0.291 e. The molecule has 1 aromatic carbocycles. The average Bonchev–Trinajstić information content (AvgIpc) is 2.18. The van der Waals surface area contributed by atoms with E-state index in [-0.39, 0.29) is 11.7 Å². The topological polar surface area (TPSA) is 74.8 Å². The van der Waals surface area contributed by atoms with Gasteiger partial charge in [0, 0.05) is 6.92 Å². The van der Waals surface area contributed by atoms with Crippen LogP contribution in [-0.2, 0) is 4.79 Å². The lowest BCUT2D eigenvalue weighted by Crippen LogP contribution is -2.19. The first-order valence-corrected chi connectivity index (χ1v) is 4.43. The van der Waals surface area contributed by atoms with Crippen molar-refractivity contribution in [1.29, 1.82) is 0 Å². The fourth-order valence-corrected chi connectivity index (χ4v) is 1.28. The van der Waals surface area contributed by atoms with Gasteiger partial charge < -0.3 is 10.3 Å².